The van der Waals surface area contributed by atoms with Gasteiger partial charge in [0.05, 0.1) is 18.5 Å². The lowest BCUT2D eigenvalue weighted by atomic mass is 10.3. The molecule has 0 fully saturated rings. The maximum atomic E-state index is 11.7. The number of hydrogen-bond donors (Lipinski definition) is 1. The Hall–Kier alpha value is -1.73. The zero-order valence-corrected chi connectivity index (χ0v) is 11.7. The van der Waals surface area contributed by atoms with Gasteiger partial charge in [-0.3, -0.25) is 4.79 Å². The smallest absolute Gasteiger partial charge is 0.239 e. The van der Waals surface area contributed by atoms with Crippen LogP contribution in [0.1, 0.15) is 0 Å². The Kier molecular flexibility index (Phi) is 4.64. The van der Waals surface area contributed by atoms with E-state index in [4.69, 9.17) is 4.74 Å². The summed E-state index contributed by atoms with van der Waals surface area (Å²) in [5, 5.41) is 5.72. The van der Waals surface area contributed by atoms with Crippen molar-refractivity contribution in [1.82, 2.24) is 15.3 Å². The van der Waals surface area contributed by atoms with Crippen LogP contribution in [0.15, 0.2) is 17.8 Å². The first-order valence-electron chi connectivity index (χ1n) is 5.87. The number of nitrogens with zero attached hydrogens (tertiary/aromatic N) is 3. The Bertz CT molecular complexity index is 557. The van der Waals surface area contributed by atoms with Crippen molar-refractivity contribution in [2.24, 2.45) is 0 Å². The standard InChI is InChI=1S/C12H16N4O2S/c1-16(7-10(17)13-4-5-18-2)11-9-3-6-19-12(9)15-8-14-11/h3,6,8H,4-5,7H2,1-2H3,(H,13,17). The summed E-state index contributed by atoms with van der Waals surface area (Å²) in [6.45, 7) is 1.28. The predicted molar refractivity (Wildman–Crippen MR) is 75.6 cm³/mol. The van der Waals surface area contributed by atoms with E-state index in [1.165, 1.54) is 6.33 Å². The highest BCUT2D eigenvalue weighted by Gasteiger charge is 2.12. The van der Waals surface area contributed by atoms with Crippen LogP contribution >= 0.6 is 11.3 Å². The summed E-state index contributed by atoms with van der Waals surface area (Å²) in [6.07, 6.45) is 1.52. The molecule has 2 aromatic rings. The molecule has 2 heterocycles. The number of likely N-dealkylation sites (N-methyl/N-ethyl adjacent to an activating group) is 1. The summed E-state index contributed by atoms with van der Waals surface area (Å²) >= 11 is 1.56. The quantitative estimate of drug-likeness (QED) is 0.796. The number of aromatic nitrogens is 2. The van der Waals surface area contributed by atoms with Crippen LogP contribution in [-0.4, -0.2) is 49.7 Å². The number of fused-ring (bicyclic) bond motifs is 1. The predicted octanol–water partition coefficient (Wildman–Crippen LogP) is 0.890. The van der Waals surface area contributed by atoms with Gasteiger partial charge in [0, 0.05) is 20.7 Å². The molecule has 1 N–H and O–H groups in total. The summed E-state index contributed by atoms with van der Waals surface area (Å²) < 4.78 is 4.88. The van der Waals surface area contributed by atoms with E-state index in [2.05, 4.69) is 15.3 Å². The highest BCUT2D eigenvalue weighted by Crippen LogP contribution is 2.25. The van der Waals surface area contributed by atoms with Gasteiger partial charge in [-0.2, -0.15) is 0 Å². The van der Waals surface area contributed by atoms with Crippen LogP contribution in [-0.2, 0) is 9.53 Å². The van der Waals surface area contributed by atoms with Crippen molar-refractivity contribution in [3.8, 4) is 0 Å². The molecule has 0 aliphatic rings. The zero-order valence-electron chi connectivity index (χ0n) is 10.9. The molecular formula is C12H16N4O2S. The molecule has 0 aromatic carbocycles. The van der Waals surface area contributed by atoms with E-state index < -0.39 is 0 Å². The molecular weight excluding hydrogens is 264 g/mol. The molecule has 0 spiro atoms. The highest BCUT2D eigenvalue weighted by atomic mass is 32.1. The Balaban J connectivity index is 2.01. The van der Waals surface area contributed by atoms with Crippen LogP contribution in [0.3, 0.4) is 0 Å². The fourth-order valence-corrected chi connectivity index (χ4v) is 2.45. The lowest BCUT2D eigenvalue weighted by Gasteiger charge is -2.18. The lowest BCUT2D eigenvalue weighted by Crippen LogP contribution is -2.37. The van der Waals surface area contributed by atoms with Crippen LogP contribution in [0.4, 0.5) is 5.82 Å². The van der Waals surface area contributed by atoms with Gasteiger partial charge in [0.15, 0.2) is 0 Å². The van der Waals surface area contributed by atoms with Crippen molar-refractivity contribution in [3.63, 3.8) is 0 Å². The third-order valence-corrected chi connectivity index (χ3v) is 3.43. The van der Waals surface area contributed by atoms with E-state index in [0.717, 1.165) is 16.0 Å². The van der Waals surface area contributed by atoms with E-state index in [1.54, 1.807) is 18.4 Å². The first-order valence-corrected chi connectivity index (χ1v) is 6.75. The zero-order chi connectivity index (χ0) is 13.7. The van der Waals surface area contributed by atoms with Gasteiger partial charge in [-0.1, -0.05) is 0 Å². The van der Waals surface area contributed by atoms with Gasteiger partial charge in [-0.15, -0.1) is 11.3 Å². The molecule has 2 rings (SSSR count). The molecule has 7 heteroatoms. The molecule has 0 atom stereocenters. The Morgan fingerprint density at radius 3 is 3.16 bits per heavy atom. The number of carbonyl (C=O) groups excluding carboxylic acids is 1. The maximum absolute atomic E-state index is 11.7. The number of thiophene rings is 1. The van der Waals surface area contributed by atoms with Crippen molar-refractivity contribution in [3.05, 3.63) is 17.8 Å². The second-order valence-corrected chi connectivity index (χ2v) is 4.93. The minimum Gasteiger partial charge on any atom is -0.383 e. The summed E-state index contributed by atoms with van der Waals surface area (Å²) in [6, 6.07) is 1.97. The normalized spacial score (nSPS) is 10.6. The van der Waals surface area contributed by atoms with E-state index in [0.29, 0.717) is 13.2 Å². The van der Waals surface area contributed by atoms with Crippen molar-refractivity contribution < 1.29 is 9.53 Å². The second-order valence-electron chi connectivity index (χ2n) is 4.04. The van der Waals surface area contributed by atoms with Gasteiger partial charge >= 0.3 is 0 Å². The average Bonchev–Trinajstić information content (AvgIpc) is 2.86. The Morgan fingerprint density at radius 1 is 1.53 bits per heavy atom. The van der Waals surface area contributed by atoms with Crippen LogP contribution in [0.25, 0.3) is 10.2 Å². The summed E-state index contributed by atoms with van der Waals surface area (Å²) in [4.78, 5) is 22.9. The second kappa shape index (κ2) is 6.44. The molecule has 19 heavy (non-hydrogen) atoms. The summed E-state index contributed by atoms with van der Waals surface area (Å²) in [7, 11) is 3.45. The largest absolute Gasteiger partial charge is 0.383 e. The Labute approximate surface area is 115 Å². The minimum absolute atomic E-state index is 0.0541. The molecule has 0 aliphatic carbocycles. The van der Waals surface area contributed by atoms with Crippen molar-refractivity contribution in [2.45, 2.75) is 0 Å². The number of methoxy groups -OCH3 is 1. The number of ether oxygens (including phenoxy) is 1. The van der Waals surface area contributed by atoms with E-state index >= 15 is 0 Å². The number of anilines is 1. The third kappa shape index (κ3) is 3.39. The number of rotatable bonds is 6. The van der Waals surface area contributed by atoms with Gasteiger partial charge in [0.2, 0.25) is 5.91 Å². The Morgan fingerprint density at radius 2 is 2.37 bits per heavy atom. The first kappa shape index (κ1) is 13.7. The van der Waals surface area contributed by atoms with Crippen LogP contribution < -0.4 is 10.2 Å². The van der Waals surface area contributed by atoms with Crippen molar-refractivity contribution in [2.75, 3.05) is 38.8 Å². The fourth-order valence-electron chi connectivity index (χ4n) is 1.72. The van der Waals surface area contributed by atoms with Crippen LogP contribution in [0.5, 0.6) is 0 Å². The molecule has 102 valence electrons. The number of amides is 1. The molecule has 6 nitrogen and oxygen atoms in total. The lowest BCUT2D eigenvalue weighted by molar-refractivity contribution is -0.119. The monoisotopic (exact) mass is 280 g/mol. The SMILES string of the molecule is COCCNC(=O)CN(C)c1ncnc2sccc12. The molecule has 0 unspecified atom stereocenters. The van der Waals surface area contributed by atoms with Crippen LogP contribution in [0, 0.1) is 0 Å². The van der Waals surface area contributed by atoms with Gasteiger partial charge in [0.25, 0.3) is 0 Å². The highest BCUT2D eigenvalue weighted by molar-refractivity contribution is 7.16. The van der Waals surface area contributed by atoms with Gasteiger partial charge in [0.1, 0.15) is 17.0 Å². The molecule has 0 saturated carbocycles. The topological polar surface area (TPSA) is 67.3 Å². The van der Waals surface area contributed by atoms with Gasteiger partial charge < -0.3 is 15.0 Å². The average molecular weight is 280 g/mol. The molecule has 0 radical (unpaired) electrons. The number of nitrogens with one attached hydrogen (secondary N) is 1. The van der Waals surface area contributed by atoms with E-state index in [9.17, 15) is 4.79 Å². The minimum atomic E-state index is -0.0541. The molecule has 1 amide bonds. The molecule has 0 saturated heterocycles. The fraction of sp³-hybridized carbons (Fsp3) is 0.417. The van der Waals surface area contributed by atoms with Gasteiger partial charge in [-0.25, -0.2) is 9.97 Å². The maximum Gasteiger partial charge on any atom is 0.239 e. The van der Waals surface area contributed by atoms with Crippen molar-refractivity contribution in [1.29, 1.82) is 0 Å². The third-order valence-electron chi connectivity index (χ3n) is 2.61. The first-order chi connectivity index (χ1) is 9.22. The van der Waals surface area contributed by atoms with Crippen molar-refractivity contribution >= 4 is 33.3 Å². The van der Waals surface area contributed by atoms with Gasteiger partial charge in [-0.05, 0) is 11.4 Å². The number of carbonyl (C=O) groups is 1. The summed E-state index contributed by atoms with van der Waals surface area (Å²) in [5.74, 6) is 0.717. The summed E-state index contributed by atoms with van der Waals surface area (Å²) in [5.41, 5.74) is 0. The molecule has 2 aromatic heterocycles. The molecule has 0 bridgehead atoms. The van der Waals surface area contributed by atoms with E-state index in [-0.39, 0.29) is 12.5 Å². The van der Waals surface area contributed by atoms with E-state index in [1.807, 2.05) is 23.4 Å². The number of hydrogen-bond acceptors (Lipinski definition) is 6. The van der Waals surface area contributed by atoms with Crippen LogP contribution in [0.2, 0.25) is 0 Å². The molecule has 0 aliphatic heterocycles.